The Morgan fingerprint density at radius 1 is 1.00 bits per heavy atom. The van der Waals surface area contributed by atoms with Gasteiger partial charge in [-0.15, -0.1) is 0 Å². The van der Waals surface area contributed by atoms with Crippen LogP contribution in [0.3, 0.4) is 0 Å². The second-order valence-corrected chi connectivity index (χ2v) is 10.9. The quantitative estimate of drug-likeness (QED) is 0.205. The number of esters is 2. The molecule has 5 rings (SSSR count). The number of aliphatic hydroxyl groups is 1. The highest BCUT2D eigenvalue weighted by Gasteiger charge is 2.49. The number of rotatable bonds is 11. The van der Waals surface area contributed by atoms with E-state index in [0.29, 0.717) is 18.4 Å². The Labute approximate surface area is 265 Å². The highest BCUT2D eigenvalue weighted by molar-refractivity contribution is 5.92. The van der Waals surface area contributed by atoms with E-state index in [1.807, 2.05) is 36.4 Å². The number of benzene rings is 3. The number of fused-ring (bicyclic) bond motifs is 3. The van der Waals surface area contributed by atoms with Crippen molar-refractivity contribution in [2.24, 2.45) is 0 Å². The summed E-state index contributed by atoms with van der Waals surface area (Å²) in [5, 5.41) is 15.0. The largest absolute Gasteiger partial charge is 0.464 e. The Balaban J connectivity index is 1.15. The molecule has 0 spiro atoms. The molecule has 3 N–H and O–H groups in total. The summed E-state index contributed by atoms with van der Waals surface area (Å²) in [6, 6.07) is 20.7. The van der Waals surface area contributed by atoms with Crippen LogP contribution in [-0.4, -0.2) is 61.4 Å². The first-order valence-corrected chi connectivity index (χ1v) is 15.0. The Bertz CT molecular complexity index is 1560. The van der Waals surface area contributed by atoms with Gasteiger partial charge in [-0.1, -0.05) is 54.6 Å². The second kappa shape index (κ2) is 14.4. The number of aliphatic hydroxyl groups excluding tert-OH is 1. The van der Waals surface area contributed by atoms with Crippen LogP contribution in [0.25, 0.3) is 11.1 Å². The average molecular weight is 633 g/mol. The lowest BCUT2D eigenvalue weighted by Gasteiger charge is -2.37. The summed E-state index contributed by atoms with van der Waals surface area (Å²) in [5.74, 6) is -3.88. The van der Waals surface area contributed by atoms with Gasteiger partial charge in [-0.3, -0.25) is 14.3 Å². The number of ether oxygens (including phenoxy) is 5. The van der Waals surface area contributed by atoms with E-state index in [9.17, 15) is 24.3 Å². The van der Waals surface area contributed by atoms with Crippen molar-refractivity contribution in [3.05, 3.63) is 83.4 Å². The zero-order valence-corrected chi connectivity index (χ0v) is 25.6. The van der Waals surface area contributed by atoms with Crippen molar-refractivity contribution in [2.45, 2.75) is 57.2 Å². The fourth-order valence-corrected chi connectivity index (χ4v) is 5.73. The maximum atomic E-state index is 12.9. The van der Waals surface area contributed by atoms with Crippen LogP contribution in [-0.2, 0) is 39.9 Å². The van der Waals surface area contributed by atoms with Gasteiger partial charge >= 0.3 is 23.8 Å². The molecule has 1 aliphatic heterocycles. The normalized spacial score (nSPS) is 18.5. The van der Waals surface area contributed by atoms with E-state index >= 15 is 0 Å². The predicted molar refractivity (Wildman–Crippen MR) is 165 cm³/mol. The number of nitrogens with one attached hydrogen (secondary N) is 2. The van der Waals surface area contributed by atoms with Crippen molar-refractivity contribution in [3.63, 3.8) is 0 Å². The summed E-state index contributed by atoms with van der Waals surface area (Å²) in [4.78, 5) is 49.6. The Morgan fingerprint density at radius 2 is 1.70 bits per heavy atom. The van der Waals surface area contributed by atoms with Crippen molar-refractivity contribution in [2.75, 3.05) is 25.6 Å². The Morgan fingerprint density at radius 3 is 2.35 bits per heavy atom. The first-order chi connectivity index (χ1) is 22.2. The smallest absolute Gasteiger partial charge is 0.407 e. The number of amides is 2. The molecule has 2 amide bonds. The summed E-state index contributed by atoms with van der Waals surface area (Å²) in [6.07, 6.45) is -0.868. The van der Waals surface area contributed by atoms with E-state index < -0.39 is 36.0 Å². The first kappa shape index (κ1) is 32.5. The van der Waals surface area contributed by atoms with Crippen LogP contribution in [0.15, 0.2) is 66.7 Å². The predicted octanol–water partition coefficient (Wildman–Crippen LogP) is 4.38. The molecule has 0 bridgehead atoms. The molecule has 12 heteroatoms. The number of carbonyl (C=O) groups is 4. The Hall–Kier alpha value is -4.94. The molecule has 46 heavy (non-hydrogen) atoms. The number of hydrogen-bond acceptors (Lipinski definition) is 10. The summed E-state index contributed by atoms with van der Waals surface area (Å²) in [7, 11) is 1.16. The molecule has 3 aromatic rings. The minimum absolute atomic E-state index is 0.00809. The molecule has 1 fully saturated rings. The van der Waals surface area contributed by atoms with Crippen molar-refractivity contribution < 1.29 is 48.0 Å². The van der Waals surface area contributed by atoms with Gasteiger partial charge < -0.3 is 34.7 Å². The molecule has 242 valence electrons. The van der Waals surface area contributed by atoms with Crippen LogP contribution in [0.2, 0.25) is 0 Å². The number of methoxy groups -OCH3 is 1. The number of alkyl carbamates (subject to hydrolysis) is 1. The number of anilines is 1. The molecule has 3 aromatic carbocycles. The van der Waals surface area contributed by atoms with Crippen molar-refractivity contribution in [1.29, 1.82) is 0 Å². The highest BCUT2D eigenvalue weighted by Crippen LogP contribution is 2.44. The standard InChI is InChI=1S/C34H36N2O10/c1-21(38)45-34(32(40)42-2)16-7-12-31(46-34)44-29-14-13-22(19-37)18-28(29)36-30(39)15-17-35-33(41)43-20-27-25-10-5-3-8-23(25)24-9-4-6-11-26(24)27/h3-6,8-11,13-14,18,27,31,37H,7,12,15-17,19-20H2,1-2H3,(H,35,41)(H,36,39). The van der Waals surface area contributed by atoms with E-state index in [4.69, 9.17) is 23.7 Å². The summed E-state index contributed by atoms with van der Waals surface area (Å²) >= 11 is 0. The van der Waals surface area contributed by atoms with Gasteiger partial charge in [0.1, 0.15) is 12.4 Å². The lowest BCUT2D eigenvalue weighted by atomic mass is 9.98. The molecular weight excluding hydrogens is 596 g/mol. The van der Waals surface area contributed by atoms with E-state index in [1.54, 1.807) is 12.1 Å². The number of hydrogen-bond donors (Lipinski definition) is 3. The van der Waals surface area contributed by atoms with Crippen LogP contribution in [0.5, 0.6) is 5.75 Å². The second-order valence-electron chi connectivity index (χ2n) is 10.9. The lowest BCUT2D eigenvalue weighted by Crippen LogP contribution is -2.52. The summed E-state index contributed by atoms with van der Waals surface area (Å²) in [5.41, 5.74) is 5.19. The summed E-state index contributed by atoms with van der Waals surface area (Å²) < 4.78 is 27.3. The maximum Gasteiger partial charge on any atom is 0.407 e. The van der Waals surface area contributed by atoms with E-state index in [1.165, 1.54) is 6.07 Å². The molecule has 0 radical (unpaired) electrons. The van der Waals surface area contributed by atoms with Crippen molar-refractivity contribution in [3.8, 4) is 16.9 Å². The zero-order chi connectivity index (χ0) is 32.7. The molecule has 1 saturated heterocycles. The molecule has 1 aliphatic carbocycles. The minimum Gasteiger partial charge on any atom is -0.464 e. The van der Waals surface area contributed by atoms with Gasteiger partial charge in [0.15, 0.2) is 0 Å². The molecule has 0 saturated carbocycles. The molecule has 2 unspecified atom stereocenters. The average Bonchev–Trinajstić information content (AvgIpc) is 3.37. The molecular formula is C34H36N2O10. The van der Waals surface area contributed by atoms with Gasteiger partial charge in [0.25, 0.3) is 0 Å². The first-order valence-electron chi connectivity index (χ1n) is 15.0. The maximum absolute atomic E-state index is 12.9. The van der Waals surface area contributed by atoms with Crippen LogP contribution in [0.1, 0.15) is 55.2 Å². The van der Waals surface area contributed by atoms with E-state index in [0.717, 1.165) is 36.3 Å². The summed E-state index contributed by atoms with van der Waals surface area (Å²) in [6.45, 7) is 1.03. The van der Waals surface area contributed by atoms with Gasteiger partial charge in [0.2, 0.25) is 12.2 Å². The lowest BCUT2D eigenvalue weighted by molar-refractivity contribution is -0.296. The van der Waals surface area contributed by atoms with Gasteiger partial charge in [-0.2, -0.15) is 0 Å². The topological polar surface area (TPSA) is 159 Å². The van der Waals surface area contributed by atoms with Crippen molar-refractivity contribution >= 4 is 29.6 Å². The Kier molecular flexibility index (Phi) is 10.2. The molecule has 12 nitrogen and oxygen atoms in total. The van der Waals surface area contributed by atoms with Crippen LogP contribution >= 0.6 is 0 Å². The van der Waals surface area contributed by atoms with Gasteiger partial charge in [0.05, 0.1) is 19.4 Å². The van der Waals surface area contributed by atoms with Gasteiger partial charge in [-0.05, 0) is 46.4 Å². The van der Waals surface area contributed by atoms with Gasteiger partial charge in [0, 0.05) is 38.6 Å². The van der Waals surface area contributed by atoms with Gasteiger partial charge in [-0.25, -0.2) is 9.59 Å². The monoisotopic (exact) mass is 632 g/mol. The number of carbonyl (C=O) groups excluding carboxylic acids is 4. The van der Waals surface area contributed by atoms with E-state index in [2.05, 4.69) is 22.8 Å². The third-order valence-electron chi connectivity index (χ3n) is 7.80. The molecule has 1 heterocycles. The highest BCUT2D eigenvalue weighted by atomic mass is 16.8. The SMILES string of the molecule is COC(=O)C1(OC(C)=O)CCCC(Oc2ccc(CO)cc2NC(=O)CCNC(=O)OCC2c3ccccc3-c3ccccc32)O1. The third-order valence-corrected chi connectivity index (χ3v) is 7.80. The molecule has 2 atom stereocenters. The third kappa shape index (κ3) is 7.30. The molecule has 0 aromatic heterocycles. The fraction of sp³-hybridized carbons (Fsp3) is 0.353. The molecule has 2 aliphatic rings. The van der Waals surface area contributed by atoms with Crippen molar-refractivity contribution in [1.82, 2.24) is 5.32 Å². The zero-order valence-electron chi connectivity index (χ0n) is 25.6. The van der Waals surface area contributed by atoms with E-state index in [-0.39, 0.29) is 50.0 Å². The minimum atomic E-state index is -1.96. The fourth-order valence-electron chi connectivity index (χ4n) is 5.73. The van der Waals surface area contributed by atoms with Crippen LogP contribution in [0.4, 0.5) is 10.5 Å². The van der Waals surface area contributed by atoms with Crippen LogP contribution < -0.4 is 15.4 Å². The van der Waals surface area contributed by atoms with Crippen LogP contribution in [0, 0.1) is 0 Å².